The number of nitrogens with one attached hydrogen (secondary N) is 1. The lowest BCUT2D eigenvalue weighted by molar-refractivity contribution is -0.114. The summed E-state index contributed by atoms with van der Waals surface area (Å²) < 4.78 is 5.52. The number of aromatic nitrogens is 2. The molecule has 0 unspecified atom stereocenters. The van der Waals surface area contributed by atoms with Crippen molar-refractivity contribution in [2.45, 2.75) is 20.0 Å². The van der Waals surface area contributed by atoms with Gasteiger partial charge in [-0.1, -0.05) is 30.3 Å². The Balaban J connectivity index is 1.51. The van der Waals surface area contributed by atoms with E-state index < -0.39 is 0 Å². The molecule has 0 atom stereocenters. The van der Waals surface area contributed by atoms with E-state index in [4.69, 9.17) is 14.7 Å². The van der Waals surface area contributed by atoms with Gasteiger partial charge < -0.3 is 19.9 Å². The molecule has 3 aromatic rings. The Kier molecular flexibility index (Phi) is 5.75. The molecule has 8 heteroatoms. The third-order valence-corrected chi connectivity index (χ3v) is 5.81. The highest BCUT2D eigenvalue weighted by atomic mass is 16.5. The van der Waals surface area contributed by atoms with Crippen LogP contribution in [0.4, 0.5) is 11.5 Å². The number of anilines is 2. The van der Waals surface area contributed by atoms with Crippen molar-refractivity contribution in [2.75, 3.05) is 36.5 Å². The number of carbonyl (C=O) groups excluding carboxylic acids is 2. The SMILES string of the molecule is CC(=O)Nc1ccc(-c2nc3c(c(N4CCOCC4)n2)CN(Cc2ccccc2)C3=O)cc1. The summed E-state index contributed by atoms with van der Waals surface area (Å²) in [5.74, 6) is 1.09. The van der Waals surface area contributed by atoms with Gasteiger partial charge in [0.25, 0.3) is 5.91 Å². The van der Waals surface area contributed by atoms with E-state index in [-0.39, 0.29) is 11.8 Å². The van der Waals surface area contributed by atoms with Gasteiger partial charge in [0.1, 0.15) is 11.5 Å². The van der Waals surface area contributed by atoms with Crippen LogP contribution < -0.4 is 10.2 Å². The van der Waals surface area contributed by atoms with Crippen molar-refractivity contribution in [1.82, 2.24) is 14.9 Å². The Labute approximate surface area is 192 Å². The van der Waals surface area contributed by atoms with Crippen LogP contribution in [0.15, 0.2) is 54.6 Å². The molecular formula is C25H25N5O3. The minimum absolute atomic E-state index is 0.0816. The molecule has 33 heavy (non-hydrogen) atoms. The second-order valence-corrected chi connectivity index (χ2v) is 8.20. The predicted octanol–water partition coefficient (Wildman–Crippen LogP) is 3.09. The van der Waals surface area contributed by atoms with E-state index in [1.54, 1.807) is 0 Å². The summed E-state index contributed by atoms with van der Waals surface area (Å²) in [6, 6.07) is 17.3. The average molecular weight is 444 g/mol. The van der Waals surface area contributed by atoms with Crippen molar-refractivity contribution in [2.24, 2.45) is 0 Å². The van der Waals surface area contributed by atoms with E-state index in [0.29, 0.717) is 43.5 Å². The van der Waals surface area contributed by atoms with Gasteiger partial charge in [-0.2, -0.15) is 0 Å². The van der Waals surface area contributed by atoms with Gasteiger partial charge in [0.15, 0.2) is 5.82 Å². The number of carbonyl (C=O) groups is 2. The lowest BCUT2D eigenvalue weighted by atomic mass is 10.1. The minimum Gasteiger partial charge on any atom is -0.378 e. The van der Waals surface area contributed by atoms with Crippen molar-refractivity contribution in [3.8, 4) is 11.4 Å². The van der Waals surface area contributed by atoms with Gasteiger partial charge in [0.05, 0.1) is 19.8 Å². The lowest BCUT2D eigenvalue weighted by Crippen LogP contribution is -2.37. The number of hydrogen-bond donors (Lipinski definition) is 1. The average Bonchev–Trinajstić information content (AvgIpc) is 3.15. The van der Waals surface area contributed by atoms with Crippen LogP contribution in [-0.4, -0.2) is 53.0 Å². The molecule has 8 nitrogen and oxygen atoms in total. The maximum Gasteiger partial charge on any atom is 0.273 e. The van der Waals surface area contributed by atoms with Crippen LogP contribution in [-0.2, 0) is 22.6 Å². The molecule has 0 aliphatic carbocycles. The van der Waals surface area contributed by atoms with Crippen molar-refractivity contribution < 1.29 is 14.3 Å². The Morgan fingerprint density at radius 1 is 1.03 bits per heavy atom. The maximum atomic E-state index is 13.3. The van der Waals surface area contributed by atoms with Gasteiger partial charge in [0.2, 0.25) is 5.91 Å². The molecule has 2 amide bonds. The fourth-order valence-electron chi connectivity index (χ4n) is 4.21. The summed E-state index contributed by atoms with van der Waals surface area (Å²) in [7, 11) is 0. The number of ether oxygens (including phenoxy) is 1. The van der Waals surface area contributed by atoms with Crippen molar-refractivity contribution in [1.29, 1.82) is 0 Å². The van der Waals surface area contributed by atoms with E-state index in [1.807, 2.05) is 59.5 Å². The largest absolute Gasteiger partial charge is 0.378 e. The van der Waals surface area contributed by atoms with E-state index >= 15 is 0 Å². The highest BCUT2D eigenvalue weighted by Gasteiger charge is 2.34. The van der Waals surface area contributed by atoms with Gasteiger partial charge in [-0.15, -0.1) is 0 Å². The van der Waals surface area contributed by atoms with Crippen LogP contribution in [0.3, 0.4) is 0 Å². The molecule has 168 valence electrons. The fraction of sp³-hybridized carbons (Fsp3) is 0.280. The molecule has 0 saturated carbocycles. The maximum absolute atomic E-state index is 13.3. The standard InChI is InChI=1S/C25H25N5O3/c1-17(31)26-20-9-7-19(8-10-20)23-27-22-21(24(28-23)29-11-13-33-14-12-29)16-30(25(22)32)15-18-5-3-2-4-6-18/h2-10H,11-16H2,1H3,(H,26,31). The Morgan fingerprint density at radius 3 is 2.45 bits per heavy atom. The number of rotatable bonds is 5. The van der Waals surface area contributed by atoms with Crippen molar-refractivity contribution in [3.05, 3.63) is 71.4 Å². The van der Waals surface area contributed by atoms with Crippen LogP contribution in [0.5, 0.6) is 0 Å². The van der Waals surface area contributed by atoms with Gasteiger partial charge in [0, 0.05) is 43.4 Å². The highest BCUT2D eigenvalue weighted by molar-refractivity contribution is 5.98. The fourth-order valence-corrected chi connectivity index (χ4v) is 4.21. The molecule has 1 fully saturated rings. The molecule has 5 rings (SSSR count). The third kappa shape index (κ3) is 4.42. The summed E-state index contributed by atoms with van der Waals surface area (Å²) in [5.41, 5.74) is 3.90. The summed E-state index contributed by atoms with van der Waals surface area (Å²) in [5, 5.41) is 2.76. The Bertz CT molecular complexity index is 1170. The van der Waals surface area contributed by atoms with Crippen LogP contribution in [0.2, 0.25) is 0 Å². The first-order valence-corrected chi connectivity index (χ1v) is 11.0. The quantitative estimate of drug-likeness (QED) is 0.652. The van der Waals surface area contributed by atoms with E-state index in [9.17, 15) is 9.59 Å². The molecule has 2 aliphatic rings. The first kappa shape index (κ1) is 21.1. The Morgan fingerprint density at radius 2 is 1.76 bits per heavy atom. The smallest absolute Gasteiger partial charge is 0.273 e. The number of benzene rings is 2. The minimum atomic E-state index is -0.129. The normalized spacial score (nSPS) is 15.5. The van der Waals surface area contributed by atoms with Crippen LogP contribution in [0.25, 0.3) is 11.4 Å². The zero-order chi connectivity index (χ0) is 22.8. The monoisotopic (exact) mass is 443 g/mol. The third-order valence-electron chi connectivity index (χ3n) is 5.81. The predicted molar refractivity (Wildman–Crippen MR) is 125 cm³/mol. The molecule has 0 radical (unpaired) electrons. The molecule has 2 aromatic carbocycles. The molecule has 1 saturated heterocycles. The zero-order valence-electron chi connectivity index (χ0n) is 18.5. The van der Waals surface area contributed by atoms with Crippen LogP contribution in [0, 0.1) is 0 Å². The molecule has 1 aromatic heterocycles. The van der Waals surface area contributed by atoms with Crippen LogP contribution in [0.1, 0.15) is 28.5 Å². The van der Waals surface area contributed by atoms with Gasteiger partial charge in [-0.05, 0) is 29.8 Å². The van der Waals surface area contributed by atoms with Gasteiger partial charge >= 0.3 is 0 Å². The topological polar surface area (TPSA) is 87.7 Å². The molecule has 2 aliphatic heterocycles. The molecule has 3 heterocycles. The van der Waals surface area contributed by atoms with Crippen LogP contribution >= 0.6 is 0 Å². The number of hydrogen-bond acceptors (Lipinski definition) is 6. The Hall–Kier alpha value is -3.78. The number of amides is 2. The van der Waals surface area contributed by atoms with E-state index in [0.717, 1.165) is 35.6 Å². The summed E-state index contributed by atoms with van der Waals surface area (Å²) >= 11 is 0. The molecule has 0 spiro atoms. The number of fused-ring (bicyclic) bond motifs is 1. The first-order chi connectivity index (χ1) is 16.1. The summed E-state index contributed by atoms with van der Waals surface area (Å²) in [6.45, 7) is 5.17. The second-order valence-electron chi connectivity index (χ2n) is 8.20. The zero-order valence-corrected chi connectivity index (χ0v) is 18.5. The molecule has 0 bridgehead atoms. The van der Waals surface area contributed by atoms with Crippen molar-refractivity contribution in [3.63, 3.8) is 0 Å². The first-order valence-electron chi connectivity index (χ1n) is 11.0. The lowest BCUT2D eigenvalue weighted by Gasteiger charge is -2.29. The highest BCUT2D eigenvalue weighted by Crippen LogP contribution is 2.33. The molecular weight excluding hydrogens is 418 g/mol. The van der Waals surface area contributed by atoms with E-state index in [2.05, 4.69) is 10.2 Å². The number of nitrogens with zero attached hydrogens (tertiary/aromatic N) is 4. The van der Waals surface area contributed by atoms with Gasteiger partial charge in [-0.25, -0.2) is 9.97 Å². The second kappa shape index (κ2) is 8.99. The number of morpholine rings is 1. The molecule has 1 N–H and O–H groups in total. The van der Waals surface area contributed by atoms with Crippen molar-refractivity contribution >= 4 is 23.3 Å². The van der Waals surface area contributed by atoms with Gasteiger partial charge in [-0.3, -0.25) is 9.59 Å². The summed E-state index contributed by atoms with van der Waals surface area (Å²) in [4.78, 5) is 38.3. The van der Waals surface area contributed by atoms with E-state index in [1.165, 1.54) is 6.92 Å². The summed E-state index contributed by atoms with van der Waals surface area (Å²) in [6.07, 6.45) is 0.